The summed E-state index contributed by atoms with van der Waals surface area (Å²) in [6, 6.07) is 0. The van der Waals surface area contributed by atoms with Crippen molar-refractivity contribution >= 4 is 29.5 Å². The zero-order chi connectivity index (χ0) is 7.54. The first-order valence-electron chi connectivity index (χ1n) is 3.22. The van der Waals surface area contributed by atoms with Gasteiger partial charge in [0.1, 0.15) is 0 Å². The molecular formula is C5H15LiN2S. The molecule has 0 aliphatic carbocycles. The Kier molecular flexibility index (Phi) is 22.2. The predicted molar refractivity (Wildman–Crippen MR) is 46.9 cm³/mol. The quantitative estimate of drug-likeness (QED) is 0.535. The molecule has 4 N–H and O–H groups in total. The molecule has 0 aliphatic heterocycles. The van der Waals surface area contributed by atoms with Gasteiger partial charge in [0.05, 0.1) is 0 Å². The first-order valence-corrected chi connectivity index (χ1v) is 4.61. The van der Waals surface area contributed by atoms with Crippen molar-refractivity contribution in [3.63, 3.8) is 0 Å². The van der Waals surface area contributed by atoms with E-state index >= 15 is 0 Å². The molecule has 0 bridgehead atoms. The maximum absolute atomic E-state index is 5.06. The SMILES string of the molecule is NCCCN.[Li][CH2]SC. The molecule has 0 atom stereocenters. The molecule has 0 rings (SSSR count). The molecule has 0 aliphatic rings. The molecule has 0 aromatic rings. The second-order valence-electron chi connectivity index (χ2n) is 1.51. The van der Waals surface area contributed by atoms with Gasteiger partial charge < -0.3 is 11.5 Å². The van der Waals surface area contributed by atoms with Crippen LogP contribution in [-0.2, 0) is 0 Å². The van der Waals surface area contributed by atoms with Crippen molar-refractivity contribution in [1.29, 1.82) is 0 Å². The van der Waals surface area contributed by atoms with Crippen molar-refractivity contribution in [2.24, 2.45) is 11.5 Å². The number of rotatable bonds is 3. The minimum atomic E-state index is 0.719. The molecule has 0 aromatic heterocycles. The van der Waals surface area contributed by atoms with Gasteiger partial charge in [-0.1, -0.05) is 0 Å². The van der Waals surface area contributed by atoms with E-state index < -0.39 is 0 Å². The van der Waals surface area contributed by atoms with Gasteiger partial charge in [-0.25, -0.2) is 0 Å². The average molecular weight is 142 g/mol. The molecule has 52 valence electrons. The van der Waals surface area contributed by atoms with Crippen molar-refractivity contribution in [3.8, 4) is 0 Å². The Hall–Kier alpha value is 0.867. The first-order chi connectivity index (χ1) is 4.33. The van der Waals surface area contributed by atoms with Crippen molar-refractivity contribution in [1.82, 2.24) is 0 Å². The molecule has 9 heavy (non-hydrogen) atoms. The van der Waals surface area contributed by atoms with Gasteiger partial charge in [0.15, 0.2) is 0 Å². The van der Waals surface area contributed by atoms with E-state index in [4.69, 9.17) is 11.5 Å². The summed E-state index contributed by atoms with van der Waals surface area (Å²) in [4.78, 5) is 0. The van der Waals surface area contributed by atoms with E-state index in [9.17, 15) is 0 Å². The molecule has 4 heteroatoms. The van der Waals surface area contributed by atoms with Crippen LogP contribution < -0.4 is 11.5 Å². The second-order valence-corrected chi connectivity index (χ2v) is 2.66. The fraction of sp³-hybridized carbons (Fsp3) is 1.00. The van der Waals surface area contributed by atoms with E-state index in [0.717, 1.165) is 19.5 Å². The van der Waals surface area contributed by atoms with Crippen molar-refractivity contribution < 1.29 is 0 Å². The van der Waals surface area contributed by atoms with Crippen LogP contribution in [0.15, 0.2) is 0 Å². The van der Waals surface area contributed by atoms with Crippen LogP contribution in [0.2, 0.25) is 0 Å². The summed E-state index contributed by atoms with van der Waals surface area (Å²) >= 11 is 4.00. The van der Waals surface area contributed by atoms with Crippen molar-refractivity contribution in [3.05, 3.63) is 0 Å². The van der Waals surface area contributed by atoms with Crippen LogP contribution in [0.1, 0.15) is 6.42 Å². The summed E-state index contributed by atoms with van der Waals surface area (Å²) in [6.45, 7) is 1.44. The van der Waals surface area contributed by atoms with Gasteiger partial charge in [-0.15, -0.1) is 0 Å². The molecule has 2 nitrogen and oxygen atoms in total. The van der Waals surface area contributed by atoms with Gasteiger partial charge in [-0.3, -0.25) is 0 Å². The summed E-state index contributed by atoms with van der Waals surface area (Å²) in [5, 5.41) is 0. The minimum absolute atomic E-state index is 0.719. The summed E-state index contributed by atoms with van der Waals surface area (Å²) in [7, 11) is 0. The van der Waals surface area contributed by atoms with Gasteiger partial charge in [-0.05, 0) is 19.5 Å². The van der Waals surface area contributed by atoms with Crippen LogP contribution in [0, 0.1) is 0 Å². The fourth-order valence-electron chi connectivity index (χ4n) is 0.118. The standard InChI is InChI=1S/C3H10N2.C2H5S.Li/c4-2-1-3-5;1-3-2;/h1-5H2;1H2,2H3;. The van der Waals surface area contributed by atoms with Crippen LogP contribution in [0.5, 0.6) is 0 Å². The molecule has 0 saturated heterocycles. The van der Waals surface area contributed by atoms with Crippen LogP contribution in [0.3, 0.4) is 0 Å². The van der Waals surface area contributed by atoms with Gasteiger partial charge >= 0.3 is 40.2 Å². The van der Waals surface area contributed by atoms with Gasteiger partial charge in [0.2, 0.25) is 0 Å². The molecule has 0 amide bonds. The second kappa shape index (κ2) is 15.9. The monoisotopic (exact) mass is 142 g/mol. The fourth-order valence-corrected chi connectivity index (χ4v) is 0.118. The third-order valence-corrected chi connectivity index (χ3v) is 1.27. The normalized spacial score (nSPS) is 8.11. The zero-order valence-electron chi connectivity index (χ0n) is 6.39. The van der Waals surface area contributed by atoms with Gasteiger partial charge in [-0.2, -0.15) is 0 Å². The van der Waals surface area contributed by atoms with Crippen LogP contribution in [0.25, 0.3) is 0 Å². The molecule has 0 heterocycles. The van der Waals surface area contributed by atoms with E-state index in [1.807, 2.05) is 11.8 Å². The van der Waals surface area contributed by atoms with E-state index in [-0.39, 0.29) is 0 Å². The van der Waals surface area contributed by atoms with Crippen molar-refractivity contribution in [2.45, 2.75) is 6.42 Å². The Bertz CT molecular complexity index is 34.1. The average Bonchev–Trinajstić information content (AvgIpc) is 1.91. The predicted octanol–water partition coefficient (Wildman–Crippen LogP) is -0.231. The Morgan fingerprint density at radius 2 is 1.67 bits per heavy atom. The molecule has 0 fully saturated rings. The molecule has 0 aromatic carbocycles. The molecule has 0 unspecified atom stereocenters. The number of nitrogens with two attached hydrogens (primary N) is 2. The molecule has 0 saturated carbocycles. The van der Waals surface area contributed by atoms with Gasteiger partial charge in [0.25, 0.3) is 0 Å². The number of hydrogen-bond donors (Lipinski definition) is 2. The Balaban J connectivity index is 0. The zero-order valence-corrected chi connectivity index (χ0v) is 7.21. The molecule has 0 radical (unpaired) electrons. The van der Waals surface area contributed by atoms with Crippen LogP contribution in [0.4, 0.5) is 0 Å². The number of thioether (sulfide) groups is 1. The first kappa shape index (κ1) is 12.5. The van der Waals surface area contributed by atoms with Crippen LogP contribution >= 0.6 is 11.8 Å². The Morgan fingerprint density at radius 1 is 1.33 bits per heavy atom. The Morgan fingerprint density at radius 3 is 1.67 bits per heavy atom. The van der Waals surface area contributed by atoms with E-state index in [1.54, 1.807) is 0 Å². The maximum atomic E-state index is 5.06. The summed E-state index contributed by atoms with van der Waals surface area (Å²) in [5.74, 6) is 0. The topological polar surface area (TPSA) is 52.0 Å². The van der Waals surface area contributed by atoms with Gasteiger partial charge in [0, 0.05) is 0 Å². The van der Waals surface area contributed by atoms with E-state index in [0.29, 0.717) is 0 Å². The van der Waals surface area contributed by atoms with E-state index in [2.05, 4.69) is 24.0 Å². The van der Waals surface area contributed by atoms with Crippen LogP contribution in [-0.4, -0.2) is 41.5 Å². The summed E-state index contributed by atoms with van der Waals surface area (Å²) in [6.07, 6.45) is 3.04. The third kappa shape index (κ3) is 28.0. The summed E-state index contributed by atoms with van der Waals surface area (Å²) in [5.41, 5.74) is 10.1. The third-order valence-electron chi connectivity index (χ3n) is 0.697. The molecular weight excluding hydrogens is 127 g/mol. The number of hydrogen-bond acceptors (Lipinski definition) is 3. The Labute approximate surface area is 71.3 Å². The summed E-state index contributed by atoms with van der Waals surface area (Å²) < 4.78 is 1.24. The van der Waals surface area contributed by atoms with E-state index in [1.165, 1.54) is 4.43 Å². The van der Waals surface area contributed by atoms with Crippen molar-refractivity contribution in [2.75, 3.05) is 23.8 Å². The molecule has 0 spiro atoms.